The number of benzene rings is 2. The predicted molar refractivity (Wildman–Crippen MR) is 140 cm³/mol. The van der Waals surface area contributed by atoms with Crippen molar-refractivity contribution in [3.8, 4) is 28.3 Å². The lowest BCUT2D eigenvalue weighted by Gasteiger charge is -2.29. The molecule has 190 valence electrons. The van der Waals surface area contributed by atoms with E-state index in [0.717, 1.165) is 40.7 Å². The van der Waals surface area contributed by atoms with Crippen molar-refractivity contribution in [3.63, 3.8) is 0 Å². The molecule has 2 aromatic heterocycles. The Hall–Kier alpha value is -3.82. The number of nitrogens with zero attached hydrogens (tertiary/aromatic N) is 3. The number of aromatic amines is 1. The summed E-state index contributed by atoms with van der Waals surface area (Å²) >= 11 is 0. The molecule has 0 saturated carbocycles. The zero-order chi connectivity index (χ0) is 25.2. The van der Waals surface area contributed by atoms with Gasteiger partial charge in [-0.05, 0) is 36.4 Å². The number of aromatic nitrogens is 3. The van der Waals surface area contributed by atoms with E-state index in [1.54, 1.807) is 6.07 Å². The van der Waals surface area contributed by atoms with Gasteiger partial charge in [0.05, 0.1) is 37.8 Å². The van der Waals surface area contributed by atoms with Crippen LogP contribution in [0.1, 0.15) is 18.4 Å². The molecule has 2 fully saturated rings. The number of anilines is 1. The van der Waals surface area contributed by atoms with Crippen LogP contribution in [0.2, 0.25) is 0 Å². The van der Waals surface area contributed by atoms with Gasteiger partial charge in [-0.3, -0.25) is 0 Å². The quantitative estimate of drug-likeness (QED) is 0.368. The van der Waals surface area contributed by atoms with E-state index in [1.165, 1.54) is 12.5 Å². The van der Waals surface area contributed by atoms with E-state index < -0.39 is 0 Å². The number of H-pyrrole nitrogens is 1. The Morgan fingerprint density at radius 1 is 0.973 bits per heavy atom. The Morgan fingerprint density at radius 2 is 1.76 bits per heavy atom. The van der Waals surface area contributed by atoms with Gasteiger partial charge in [-0.1, -0.05) is 6.07 Å². The third-order valence-electron chi connectivity index (χ3n) is 6.94. The molecule has 0 radical (unpaired) electrons. The summed E-state index contributed by atoms with van der Waals surface area (Å²) in [6.07, 6.45) is 4.58. The van der Waals surface area contributed by atoms with Gasteiger partial charge in [-0.15, -0.1) is 0 Å². The Balaban J connectivity index is 1.31. The summed E-state index contributed by atoms with van der Waals surface area (Å²) in [6, 6.07) is 13.0. The monoisotopic (exact) mass is 501 g/mol. The zero-order valence-corrected chi connectivity index (χ0v) is 20.4. The number of halogens is 1. The Labute approximate surface area is 213 Å². The molecular weight excluding hydrogens is 473 g/mol. The maximum atomic E-state index is 15.0. The largest absolute Gasteiger partial charge is 0.490 e. The van der Waals surface area contributed by atoms with Crippen molar-refractivity contribution in [2.75, 3.05) is 44.4 Å². The maximum Gasteiger partial charge on any atom is 0.147 e. The first-order chi connectivity index (χ1) is 18.2. The number of hydrogen-bond acceptors (Lipinski definition) is 7. The molecule has 2 saturated heterocycles. The third-order valence-corrected chi connectivity index (χ3v) is 6.94. The van der Waals surface area contributed by atoms with Crippen LogP contribution >= 0.6 is 0 Å². The molecule has 37 heavy (non-hydrogen) atoms. The highest BCUT2D eigenvalue weighted by atomic mass is 19.1. The third kappa shape index (κ3) is 4.80. The van der Waals surface area contributed by atoms with Crippen molar-refractivity contribution in [1.82, 2.24) is 15.0 Å². The first kappa shape index (κ1) is 23.6. The fourth-order valence-electron chi connectivity index (χ4n) is 4.95. The lowest BCUT2D eigenvalue weighted by atomic mass is 10.0. The van der Waals surface area contributed by atoms with E-state index in [-0.39, 0.29) is 11.9 Å². The highest BCUT2D eigenvalue weighted by molar-refractivity contribution is 5.95. The van der Waals surface area contributed by atoms with Gasteiger partial charge < -0.3 is 29.5 Å². The molecule has 0 amide bonds. The lowest BCUT2D eigenvalue weighted by Crippen LogP contribution is -2.36. The van der Waals surface area contributed by atoms with Crippen LogP contribution in [0.5, 0.6) is 5.75 Å². The minimum atomic E-state index is -0.264. The number of hydrogen-bond donors (Lipinski definition) is 2. The summed E-state index contributed by atoms with van der Waals surface area (Å²) in [5.41, 5.74) is 5.02. The van der Waals surface area contributed by atoms with E-state index in [4.69, 9.17) is 19.6 Å². The fraction of sp³-hybridized carbons (Fsp3) is 0.321. The molecule has 0 spiro atoms. The van der Waals surface area contributed by atoms with Crippen LogP contribution in [0.4, 0.5) is 10.1 Å². The van der Waals surface area contributed by atoms with Gasteiger partial charge in [0.1, 0.15) is 29.6 Å². The lowest BCUT2D eigenvalue weighted by molar-refractivity contribution is 0.0255. The first-order valence-corrected chi connectivity index (χ1v) is 12.6. The smallest absolute Gasteiger partial charge is 0.147 e. The van der Waals surface area contributed by atoms with Crippen molar-refractivity contribution in [2.45, 2.75) is 18.9 Å². The SMILES string of the molecule is N=Cc1cc(-c2ncnc3[nH]c(-c4ccc(N5CCOCC5)c(F)c4)cc23)ccc1OC1CCOCC1. The second-order valence-electron chi connectivity index (χ2n) is 9.26. The molecule has 0 aliphatic carbocycles. The van der Waals surface area contributed by atoms with Gasteiger partial charge in [0, 0.05) is 59.9 Å². The average molecular weight is 502 g/mol. The summed E-state index contributed by atoms with van der Waals surface area (Å²) in [5.74, 6) is 0.418. The van der Waals surface area contributed by atoms with Crippen LogP contribution in [0.3, 0.4) is 0 Å². The highest BCUT2D eigenvalue weighted by Gasteiger charge is 2.19. The van der Waals surface area contributed by atoms with E-state index >= 15 is 4.39 Å². The van der Waals surface area contributed by atoms with Crippen molar-refractivity contribution in [1.29, 1.82) is 5.41 Å². The molecular formula is C28H28FN5O3. The van der Waals surface area contributed by atoms with E-state index in [9.17, 15) is 0 Å². The van der Waals surface area contributed by atoms with Crippen LogP contribution in [-0.2, 0) is 9.47 Å². The summed E-state index contributed by atoms with van der Waals surface area (Å²) < 4.78 is 32.0. The predicted octanol–water partition coefficient (Wildman–Crippen LogP) is 4.82. The van der Waals surface area contributed by atoms with Crippen LogP contribution < -0.4 is 9.64 Å². The van der Waals surface area contributed by atoms with Crippen molar-refractivity contribution in [2.24, 2.45) is 0 Å². The van der Waals surface area contributed by atoms with Crippen molar-refractivity contribution in [3.05, 3.63) is 60.2 Å². The molecule has 2 N–H and O–H groups in total. The molecule has 4 aromatic rings. The number of nitrogens with one attached hydrogen (secondary N) is 2. The zero-order valence-electron chi connectivity index (χ0n) is 20.4. The number of rotatable bonds is 6. The van der Waals surface area contributed by atoms with E-state index in [1.807, 2.05) is 41.3 Å². The fourth-order valence-corrected chi connectivity index (χ4v) is 4.95. The van der Waals surface area contributed by atoms with Gasteiger partial charge in [-0.25, -0.2) is 14.4 Å². The van der Waals surface area contributed by atoms with E-state index in [2.05, 4.69) is 15.0 Å². The molecule has 2 aromatic carbocycles. The molecule has 2 aliphatic heterocycles. The maximum absolute atomic E-state index is 15.0. The highest BCUT2D eigenvalue weighted by Crippen LogP contribution is 2.34. The molecule has 6 rings (SSSR count). The standard InChI is InChI=1S/C28H28FN5O3/c29-23-14-18(1-3-25(23)34-7-11-36-12-8-34)24-15-22-27(31-17-32-28(22)33-24)19-2-4-26(20(13-19)16-30)37-21-5-9-35-10-6-21/h1-4,13-17,21,30H,5-12H2,(H,31,32,33). The first-order valence-electron chi connectivity index (χ1n) is 12.6. The van der Waals surface area contributed by atoms with Gasteiger partial charge >= 0.3 is 0 Å². The second-order valence-corrected chi connectivity index (χ2v) is 9.26. The van der Waals surface area contributed by atoms with Gasteiger partial charge in [0.15, 0.2) is 0 Å². The van der Waals surface area contributed by atoms with Crippen LogP contribution in [-0.4, -0.2) is 66.8 Å². The van der Waals surface area contributed by atoms with Crippen molar-refractivity contribution >= 4 is 22.9 Å². The Bertz CT molecular complexity index is 1430. The number of fused-ring (bicyclic) bond motifs is 1. The Morgan fingerprint density at radius 3 is 2.54 bits per heavy atom. The Kier molecular flexibility index (Phi) is 6.55. The summed E-state index contributed by atoms with van der Waals surface area (Å²) in [6.45, 7) is 3.95. The normalized spacial score (nSPS) is 16.7. The number of ether oxygens (including phenoxy) is 3. The molecule has 8 nitrogen and oxygen atoms in total. The summed E-state index contributed by atoms with van der Waals surface area (Å²) in [4.78, 5) is 14.3. The second kappa shape index (κ2) is 10.3. The summed E-state index contributed by atoms with van der Waals surface area (Å²) in [5, 5.41) is 8.76. The van der Waals surface area contributed by atoms with Gasteiger partial charge in [0.2, 0.25) is 0 Å². The molecule has 0 bridgehead atoms. The minimum Gasteiger partial charge on any atom is -0.490 e. The molecule has 0 unspecified atom stereocenters. The molecule has 2 aliphatic rings. The average Bonchev–Trinajstić information content (AvgIpc) is 3.39. The van der Waals surface area contributed by atoms with Crippen molar-refractivity contribution < 1.29 is 18.6 Å². The topological polar surface area (TPSA) is 96.4 Å². The van der Waals surface area contributed by atoms with Gasteiger partial charge in [0.25, 0.3) is 0 Å². The van der Waals surface area contributed by atoms with Crippen LogP contribution in [0, 0.1) is 11.2 Å². The minimum absolute atomic E-state index is 0.0892. The van der Waals surface area contributed by atoms with E-state index in [0.29, 0.717) is 62.2 Å². The van der Waals surface area contributed by atoms with Crippen LogP contribution in [0.15, 0.2) is 48.8 Å². The molecule has 4 heterocycles. The molecule has 0 atom stereocenters. The van der Waals surface area contributed by atoms with Gasteiger partial charge in [-0.2, -0.15) is 0 Å². The van der Waals surface area contributed by atoms with Crippen LogP contribution in [0.25, 0.3) is 33.5 Å². The molecule has 9 heteroatoms. The summed E-state index contributed by atoms with van der Waals surface area (Å²) in [7, 11) is 0. The number of morpholine rings is 1.